The Hall–Kier alpha value is -2.42. The Morgan fingerprint density at radius 2 is 1.81 bits per heavy atom. The van der Waals surface area contributed by atoms with Crippen LogP contribution in [0.15, 0.2) is 29.2 Å². The number of carbonyl (C=O) groups excluding carboxylic acids is 3. The topological polar surface area (TPSA) is 113 Å². The lowest BCUT2D eigenvalue weighted by Gasteiger charge is -2.20. The lowest BCUT2D eigenvalue weighted by atomic mass is 9.98. The molecule has 1 saturated carbocycles. The fourth-order valence-corrected chi connectivity index (χ4v) is 4.29. The van der Waals surface area contributed by atoms with E-state index in [9.17, 15) is 22.8 Å². The molecule has 3 rings (SSSR count). The molecule has 1 aliphatic carbocycles. The van der Waals surface area contributed by atoms with Gasteiger partial charge in [-0.15, -0.1) is 0 Å². The molecule has 1 spiro atoms. The van der Waals surface area contributed by atoms with Crippen molar-refractivity contribution < 1.29 is 22.8 Å². The first-order valence-corrected chi connectivity index (χ1v) is 10.7. The van der Waals surface area contributed by atoms with E-state index in [-0.39, 0.29) is 17.3 Å². The van der Waals surface area contributed by atoms with Gasteiger partial charge in [0.2, 0.25) is 5.91 Å². The predicted octanol–water partition coefficient (Wildman–Crippen LogP) is 1.13. The van der Waals surface area contributed by atoms with Gasteiger partial charge in [0.25, 0.3) is 5.91 Å². The second kappa shape index (κ2) is 6.95. The van der Waals surface area contributed by atoms with Crippen LogP contribution in [0.2, 0.25) is 0 Å². The van der Waals surface area contributed by atoms with Crippen molar-refractivity contribution in [1.82, 2.24) is 15.5 Å². The third-order valence-corrected chi connectivity index (χ3v) is 6.32. The number of carbonyl (C=O) groups is 3. The van der Waals surface area contributed by atoms with E-state index >= 15 is 0 Å². The van der Waals surface area contributed by atoms with Gasteiger partial charge in [0.1, 0.15) is 12.1 Å². The number of nitrogens with one attached hydrogen (secondary N) is 2. The predicted molar refractivity (Wildman–Crippen MR) is 97.6 cm³/mol. The van der Waals surface area contributed by atoms with Crippen molar-refractivity contribution >= 4 is 27.7 Å². The molecule has 4 amide bonds. The number of sulfone groups is 1. The van der Waals surface area contributed by atoms with Crippen molar-refractivity contribution in [3.05, 3.63) is 29.8 Å². The average molecular weight is 393 g/mol. The molecular weight excluding hydrogens is 370 g/mol. The van der Waals surface area contributed by atoms with Gasteiger partial charge in [-0.25, -0.2) is 13.2 Å². The summed E-state index contributed by atoms with van der Waals surface area (Å²) in [5.41, 5.74) is -0.106. The Labute approximate surface area is 158 Å². The van der Waals surface area contributed by atoms with Crippen LogP contribution >= 0.6 is 0 Å². The Morgan fingerprint density at radius 1 is 1.22 bits per heavy atom. The van der Waals surface area contributed by atoms with Crippen molar-refractivity contribution in [2.24, 2.45) is 0 Å². The summed E-state index contributed by atoms with van der Waals surface area (Å²) in [5, 5.41) is 5.48. The quantitative estimate of drug-likeness (QED) is 0.728. The minimum absolute atomic E-state index is 0.200. The third kappa shape index (κ3) is 3.83. The number of imide groups is 1. The van der Waals surface area contributed by atoms with Gasteiger partial charge in [0.05, 0.1) is 10.9 Å². The summed E-state index contributed by atoms with van der Waals surface area (Å²) in [6, 6.07) is 5.29. The smallest absolute Gasteiger partial charge is 0.325 e. The monoisotopic (exact) mass is 393 g/mol. The molecule has 1 aromatic rings. The molecule has 2 aliphatic rings. The number of amides is 4. The first-order valence-electron chi connectivity index (χ1n) is 8.86. The van der Waals surface area contributed by atoms with Gasteiger partial charge in [-0.2, -0.15) is 0 Å². The van der Waals surface area contributed by atoms with Gasteiger partial charge in [-0.3, -0.25) is 14.5 Å². The maximum Gasteiger partial charge on any atom is 0.325 e. The maximum atomic E-state index is 12.6. The van der Waals surface area contributed by atoms with Crippen LogP contribution in [0.5, 0.6) is 0 Å². The third-order valence-electron chi connectivity index (χ3n) is 5.19. The molecule has 1 unspecified atom stereocenters. The van der Waals surface area contributed by atoms with Crippen LogP contribution in [0, 0.1) is 0 Å². The number of urea groups is 1. The molecular formula is C18H23N3O5S. The molecule has 1 aromatic carbocycles. The molecule has 0 bridgehead atoms. The van der Waals surface area contributed by atoms with Gasteiger partial charge in [0, 0.05) is 6.26 Å². The molecule has 9 heteroatoms. The van der Waals surface area contributed by atoms with Gasteiger partial charge in [0.15, 0.2) is 9.84 Å². The number of benzene rings is 1. The second-order valence-electron chi connectivity index (χ2n) is 7.24. The number of hydrogen-bond donors (Lipinski definition) is 2. The van der Waals surface area contributed by atoms with E-state index in [4.69, 9.17) is 0 Å². The van der Waals surface area contributed by atoms with E-state index < -0.39 is 33.4 Å². The van der Waals surface area contributed by atoms with E-state index in [1.54, 1.807) is 19.1 Å². The van der Waals surface area contributed by atoms with E-state index in [1.807, 2.05) is 0 Å². The SMILES string of the molecule is CC(NC(=O)CN1C(=O)NC2(CCCC2)C1=O)c1ccc(S(C)(=O)=O)cc1. The number of nitrogens with zero attached hydrogens (tertiary/aromatic N) is 1. The molecule has 2 fully saturated rings. The molecule has 27 heavy (non-hydrogen) atoms. The van der Waals surface area contributed by atoms with Crippen molar-refractivity contribution in [2.45, 2.75) is 49.1 Å². The van der Waals surface area contributed by atoms with Crippen molar-refractivity contribution in [3.8, 4) is 0 Å². The van der Waals surface area contributed by atoms with Crippen LogP contribution in [0.25, 0.3) is 0 Å². The van der Waals surface area contributed by atoms with Gasteiger partial charge < -0.3 is 10.6 Å². The van der Waals surface area contributed by atoms with E-state index in [0.29, 0.717) is 12.8 Å². The van der Waals surface area contributed by atoms with Gasteiger partial charge in [-0.05, 0) is 37.5 Å². The molecule has 1 heterocycles. The normalized spacial score (nSPS) is 20.0. The summed E-state index contributed by atoms with van der Waals surface area (Å²) < 4.78 is 23.0. The Balaban J connectivity index is 1.62. The van der Waals surface area contributed by atoms with E-state index in [0.717, 1.165) is 29.6 Å². The maximum absolute atomic E-state index is 12.6. The van der Waals surface area contributed by atoms with Crippen LogP contribution in [0.1, 0.15) is 44.2 Å². The first kappa shape index (κ1) is 19.3. The molecule has 2 N–H and O–H groups in total. The van der Waals surface area contributed by atoms with Crippen LogP contribution in [-0.2, 0) is 19.4 Å². The Kier molecular flexibility index (Phi) is 4.98. The Morgan fingerprint density at radius 3 is 2.37 bits per heavy atom. The first-order chi connectivity index (χ1) is 12.6. The molecule has 0 radical (unpaired) electrons. The molecule has 146 valence electrons. The minimum atomic E-state index is -3.28. The second-order valence-corrected chi connectivity index (χ2v) is 9.26. The zero-order valence-electron chi connectivity index (χ0n) is 15.3. The zero-order valence-corrected chi connectivity index (χ0v) is 16.1. The summed E-state index contributed by atoms with van der Waals surface area (Å²) in [6.45, 7) is 1.41. The van der Waals surface area contributed by atoms with Crippen LogP contribution in [-0.4, -0.2) is 49.5 Å². The number of rotatable bonds is 5. The standard InChI is InChI=1S/C18H23N3O5S/c1-12(13-5-7-14(8-6-13)27(2,25)26)19-15(22)11-21-16(23)18(20-17(21)24)9-3-4-10-18/h5-8,12H,3-4,9-11H2,1-2H3,(H,19,22)(H,20,24). The van der Waals surface area contributed by atoms with Crippen molar-refractivity contribution in [2.75, 3.05) is 12.8 Å². The lowest BCUT2D eigenvalue weighted by molar-refractivity contribution is -0.135. The largest absolute Gasteiger partial charge is 0.348 e. The van der Waals surface area contributed by atoms with Crippen molar-refractivity contribution in [3.63, 3.8) is 0 Å². The van der Waals surface area contributed by atoms with Crippen LogP contribution < -0.4 is 10.6 Å². The van der Waals surface area contributed by atoms with Crippen molar-refractivity contribution in [1.29, 1.82) is 0 Å². The summed E-state index contributed by atoms with van der Waals surface area (Å²) in [6.07, 6.45) is 4.11. The van der Waals surface area contributed by atoms with Crippen LogP contribution in [0.4, 0.5) is 4.79 Å². The molecule has 0 aromatic heterocycles. The fourth-order valence-electron chi connectivity index (χ4n) is 3.65. The van der Waals surface area contributed by atoms with E-state index in [1.165, 1.54) is 12.1 Å². The summed E-state index contributed by atoms with van der Waals surface area (Å²) in [4.78, 5) is 38.2. The Bertz CT molecular complexity index is 873. The molecule has 1 atom stereocenters. The summed E-state index contributed by atoms with van der Waals surface area (Å²) >= 11 is 0. The highest BCUT2D eigenvalue weighted by atomic mass is 32.2. The summed E-state index contributed by atoms with van der Waals surface area (Å²) in [5.74, 6) is -0.779. The highest BCUT2D eigenvalue weighted by Crippen LogP contribution is 2.34. The molecule has 8 nitrogen and oxygen atoms in total. The average Bonchev–Trinajstić information content (AvgIpc) is 3.15. The zero-order chi connectivity index (χ0) is 19.8. The van der Waals surface area contributed by atoms with E-state index in [2.05, 4.69) is 10.6 Å². The lowest BCUT2D eigenvalue weighted by Crippen LogP contribution is -2.45. The summed E-state index contributed by atoms with van der Waals surface area (Å²) in [7, 11) is -3.28. The molecule has 1 aliphatic heterocycles. The van der Waals surface area contributed by atoms with Gasteiger partial charge in [-0.1, -0.05) is 25.0 Å². The fraction of sp³-hybridized carbons (Fsp3) is 0.500. The highest BCUT2D eigenvalue weighted by molar-refractivity contribution is 7.90. The molecule has 1 saturated heterocycles. The van der Waals surface area contributed by atoms with Crippen LogP contribution in [0.3, 0.4) is 0 Å². The highest BCUT2D eigenvalue weighted by Gasteiger charge is 2.52. The van der Waals surface area contributed by atoms with Gasteiger partial charge >= 0.3 is 6.03 Å². The minimum Gasteiger partial charge on any atom is -0.348 e. The number of hydrogen-bond acceptors (Lipinski definition) is 5.